The third kappa shape index (κ3) is 4.93. The van der Waals surface area contributed by atoms with Gasteiger partial charge in [-0.2, -0.15) is 0 Å². The van der Waals surface area contributed by atoms with Crippen LogP contribution in [0.2, 0.25) is 5.02 Å². The second-order valence-corrected chi connectivity index (χ2v) is 8.32. The van der Waals surface area contributed by atoms with E-state index in [9.17, 15) is 9.59 Å². The first-order valence-corrected chi connectivity index (χ1v) is 10.7. The molecule has 150 valence electrons. The number of anilines is 1. The van der Waals surface area contributed by atoms with Gasteiger partial charge in [-0.3, -0.25) is 14.9 Å². The molecule has 5 nitrogen and oxygen atoms in total. The van der Waals surface area contributed by atoms with E-state index in [-0.39, 0.29) is 17.1 Å². The third-order valence-electron chi connectivity index (χ3n) is 4.38. The predicted molar refractivity (Wildman–Crippen MR) is 124 cm³/mol. The zero-order chi connectivity index (χ0) is 21.0. The van der Waals surface area contributed by atoms with E-state index in [1.54, 1.807) is 24.3 Å². The molecule has 3 aromatic rings. The summed E-state index contributed by atoms with van der Waals surface area (Å²) in [4.78, 5) is 25.5. The lowest BCUT2D eigenvalue weighted by atomic mass is 10.1. The molecule has 2 aromatic carbocycles. The number of carbonyl (C=O) groups is 2. The van der Waals surface area contributed by atoms with Crippen molar-refractivity contribution >= 4 is 67.9 Å². The number of thiophene rings is 1. The Bertz CT molecular complexity index is 1080. The summed E-state index contributed by atoms with van der Waals surface area (Å²) in [6, 6.07) is 14.6. The molecule has 0 radical (unpaired) electrons. The van der Waals surface area contributed by atoms with Crippen LogP contribution in [-0.4, -0.2) is 23.0 Å². The highest BCUT2D eigenvalue weighted by Gasteiger charge is 2.19. The van der Waals surface area contributed by atoms with Crippen LogP contribution in [-0.2, 0) is 0 Å². The van der Waals surface area contributed by atoms with E-state index in [4.69, 9.17) is 23.8 Å². The number of benzene rings is 2. The van der Waals surface area contributed by atoms with Crippen LogP contribution in [0.1, 0.15) is 40.3 Å². The van der Waals surface area contributed by atoms with Gasteiger partial charge in [0.25, 0.3) is 11.8 Å². The Morgan fingerprint density at radius 1 is 1.10 bits per heavy atom. The van der Waals surface area contributed by atoms with Gasteiger partial charge in [-0.1, -0.05) is 48.9 Å². The fourth-order valence-electron chi connectivity index (χ4n) is 2.67. The molecule has 0 saturated heterocycles. The van der Waals surface area contributed by atoms with Gasteiger partial charge in [-0.05, 0) is 43.8 Å². The molecule has 0 aliphatic heterocycles. The molecule has 29 heavy (non-hydrogen) atoms. The molecule has 0 aliphatic rings. The molecule has 1 atom stereocenters. The Labute approximate surface area is 183 Å². The van der Waals surface area contributed by atoms with Gasteiger partial charge in [0, 0.05) is 16.1 Å². The number of fused-ring (bicyclic) bond motifs is 1. The highest BCUT2D eigenvalue weighted by molar-refractivity contribution is 7.80. The van der Waals surface area contributed by atoms with Crippen LogP contribution < -0.4 is 16.0 Å². The lowest BCUT2D eigenvalue weighted by molar-refractivity contribution is 0.0939. The largest absolute Gasteiger partial charge is 0.350 e. The van der Waals surface area contributed by atoms with E-state index in [0.29, 0.717) is 21.2 Å². The summed E-state index contributed by atoms with van der Waals surface area (Å²) in [5, 5.41) is 9.82. The standard InChI is InChI=1S/C21H20ClN3O2S2/c1-3-12(2)23-19(26)13-8-4-6-10-15(13)24-21(28)25-20(27)18-17(22)14-9-5-7-11-16(14)29-18/h4-12H,3H2,1-2H3,(H,23,26)(H2,24,25,27,28). The van der Waals surface area contributed by atoms with Crippen LogP contribution in [0.3, 0.4) is 0 Å². The second kappa shape index (κ2) is 9.35. The minimum absolute atomic E-state index is 0.0531. The number of rotatable bonds is 5. The van der Waals surface area contributed by atoms with Crippen molar-refractivity contribution in [3.05, 3.63) is 64.0 Å². The fourth-order valence-corrected chi connectivity index (χ4v) is 4.28. The lowest BCUT2D eigenvalue weighted by Crippen LogP contribution is -2.35. The monoisotopic (exact) mass is 445 g/mol. The van der Waals surface area contributed by atoms with Gasteiger partial charge in [-0.15, -0.1) is 11.3 Å². The molecule has 0 fully saturated rings. The molecule has 3 rings (SSSR count). The molecule has 0 bridgehead atoms. The van der Waals surface area contributed by atoms with Crippen LogP contribution in [0.4, 0.5) is 5.69 Å². The minimum atomic E-state index is -0.393. The molecule has 1 unspecified atom stereocenters. The van der Waals surface area contributed by atoms with E-state index < -0.39 is 5.91 Å². The van der Waals surface area contributed by atoms with E-state index in [1.807, 2.05) is 38.1 Å². The number of thiocarbonyl (C=S) groups is 1. The lowest BCUT2D eigenvalue weighted by Gasteiger charge is -2.15. The van der Waals surface area contributed by atoms with Crippen LogP contribution in [0.15, 0.2) is 48.5 Å². The summed E-state index contributed by atoms with van der Waals surface area (Å²) in [5.41, 5.74) is 0.963. The maximum Gasteiger partial charge on any atom is 0.269 e. The van der Waals surface area contributed by atoms with Gasteiger partial charge < -0.3 is 10.6 Å². The number of amides is 2. The van der Waals surface area contributed by atoms with E-state index in [1.165, 1.54) is 11.3 Å². The third-order valence-corrected chi connectivity index (χ3v) is 6.26. The van der Waals surface area contributed by atoms with Crippen molar-refractivity contribution < 1.29 is 9.59 Å². The number of hydrogen-bond acceptors (Lipinski definition) is 4. The van der Waals surface area contributed by atoms with Gasteiger partial charge in [-0.25, -0.2) is 0 Å². The summed E-state index contributed by atoms with van der Waals surface area (Å²) in [5.74, 6) is -0.598. The number of para-hydroxylation sites is 1. The predicted octanol–water partition coefficient (Wildman–Crippen LogP) is 5.21. The molecule has 0 spiro atoms. The highest BCUT2D eigenvalue weighted by Crippen LogP contribution is 2.35. The average Bonchev–Trinajstić information content (AvgIpc) is 3.05. The van der Waals surface area contributed by atoms with Gasteiger partial charge in [0.05, 0.1) is 16.3 Å². The molecular formula is C21H20ClN3O2S2. The zero-order valence-electron chi connectivity index (χ0n) is 15.9. The summed E-state index contributed by atoms with van der Waals surface area (Å²) in [6.45, 7) is 3.94. The smallest absolute Gasteiger partial charge is 0.269 e. The first-order valence-electron chi connectivity index (χ1n) is 9.10. The summed E-state index contributed by atoms with van der Waals surface area (Å²) < 4.78 is 0.925. The minimum Gasteiger partial charge on any atom is -0.350 e. The molecule has 1 heterocycles. The Morgan fingerprint density at radius 3 is 2.52 bits per heavy atom. The van der Waals surface area contributed by atoms with E-state index in [0.717, 1.165) is 16.5 Å². The van der Waals surface area contributed by atoms with Gasteiger partial charge in [0.1, 0.15) is 4.88 Å². The van der Waals surface area contributed by atoms with Crippen molar-refractivity contribution in [2.24, 2.45) is 0 Å². The van der Waals surface area contributed by atoms with Crippen molar-refractivity contribution in [1.82, 2.24) is 10.6 Å². The van der Waals surface area contributed by atoms with Gasteiger partial charge in [0.2, 0.25) is 0 Å². The van der Waals surface area contributed by atoms with Crippen molar-refractivity contribution in [3.63, 3.8) is 0 Å². The molecular weight excluding hydrogens is 426 g/mol. The number of carbonyl (C=O) groups excluding carboxylic acids is 2. The summed E-state index contributed by atoms with van der Waals surface area (Å²) >= 11 is 12.9. The molecule has 1 aromatic heterocycles. The maximum atomic E-state index is 12.6. The average molecular weight is 446 g/mol. The summed E-state index contributed by atoms with van der Waals surface area (Å²) in [6.07, 6.45) is 0.825. The Balaban J connectivity index is 1.73. The molecule has 0 saturated carbocycles. The normalized spacial score (nSPS) is 11.7. The number of nitrogens with one attached hydrogen (secondary N) is 3. The number of halogens is 1. The van der Waals surface area contributed by atoms with Crippen molar-refractivity contribution in [1.29, 1.82) is 0 Å². The maximum absolute atomic E-state index is 12.6. The Hall–Kier alpha value is -2.48. The fraction of sp³-hybridized carbons (Fsp3) is 0.190. The topological polar surface area (TPSA) is 70.2 Å². The SMILES string of the molecule is CCC(C)NC(=O)c1ccccc1NC(=S)NC(=O)c1sc2ccccc2c1Cl. The van der Waals surface area contributed by atoms with Crippen LogP contribution >= 0.6 is 35.2 Å². The van der Waals surface area contributed by atoms with Gasteiger partial charge in [0.15, 0.2) is 5.11 Å². The first kappa shape index (κ1) is 21.2. The second-order valence-electron chi connectivity index (χ2n) is 6.48. The molecule has 2 amide bonds. The van der Waals surface area contributed by atoms with Gasteiger partial charge >= 0.3 is 0 Å². The molecule has 8 heteroatoms. The molecule has 3 N–H and O–H groups in total. The van der Waals surface area contributed by atoms with Crippen LogP contribution in [0, 0.1) is 0 Å². The zero-order valence-corrected chi connectivity index (χ0v) is 18.3. The van der Waals surface area contributed by atoms with Crippen molar-refractivity contribution in [2.45, 2.75) is 26.3 Å². The quantitative estimate of drug-likeness (QED) is 0.471. The molecule has 0 aliphatic carbocycles. The van der Waals surface area contributed by atoms with E-state index >= 15 is 0 Å². The Morgan fingerprint density at radius 2 is 1.79 bits per heavy atom. The van der Waals surface area contributed by atoms with E-state index in [2.05, 4.69) is 16.0 Å². The van der Waals surface area contributed by atoms with Crippen molar-refractivity contribution in [2.75, 3.05) is 5.32 Å². The number of hydrogen-bond donors (Lipinski definition) is 3. The Kier molecular flexibility index (Phi) is 6.84. The van der Waals surface area contributed by atoms with Crippen LogP contribution in [0.5, 0.6) is 0 Å². The first-order chi connectivity index (χ1) is 13.9. The summed E-state index contributed by atoms with van der Waals surface area (Å²) in [7, 11) is 0. The highest BCUT2D eigenvalue weighted by atomic mass is 35.5. The van der Waals surface area contributed by atoms with Crippen LogP contribution in [0.25, 0.3) is 10.1 Å². The van der Waals surface area contributed by atoms with Crippen molar-refractivity contribution in [3.8, 4) is 0 Å².